The van der Waals surface area contributed by atoms with E-state index in [1.807, 2.05) is 54.8 Å². The zero-order chi connectivity index (χ0) is 21.0. The Hall–Kier alpha value is -3.82. The van der Waals surface area contributed by atoms with Gasteiger partial charge in [-0.1, -0.05) is 0 Å². The number of carbonyl (C=O) groups is 1. The third-order valence-electron chi connectivity index (χ3n) is 4.96. The minimum Gasteiger partial charge on any atom is -0.378 e. The first-order chi connectivity index (χ1) is 13.7. The molecule has 0 spiro atoms. The van der Waals surface area contributed by atoms with Crippen molar-refractivity contribution in [3.63, 3.8) is 0 Å². The number of anilines is 1. The number of hydrogen-bond acceptors (Lipinski definition) is 5. The first-order valence-electron chi connectivity index (χ1n) is 8.96. The molecule has 0 atom stereocenters. The van der Waals surface area contributed by atoms with Crippen LogP contribution in [0.3, 0.4) is 0 Å². The van der Waals surface area contributed by atoms with Gasteiger partial charge < -0.3 is 10.6 Å². The van der Waals surface area contributed by atoms with Gasteiger partial charge in [-0.25, -0.2) is 9.36 Å². The van der Waals surface area contributed by atoms with E-state index in [0.717, 1.165) is 21.6 Å². The molecule has 29 heavy (non-hydrogen) atoms. The van der Waals surface area contributed by atoms with Crippen LogP contribution in [0, 0.1) is 6.92 Å². The fourth-order valence-corrected chi connectivity index (χ4v) is 3.52. The number of nitrogens with zero attached hydrogens (tertiary/aromatic N) is 6. The zero-order valence-electron chi connectivity index (χ0n) is 16.6. The second-order valence-corrected chi connectivity index (χ2v) is 7.17. The van der Waals surface area contributed by atoms with Gasteiger partial charge in [-0.2, -0.15) is 4.98 Å². The van der Waals surface area contributed by atoms with E-state index in [1.54, 1.807) is 10.6 Å². The number of imidazole rings is 2. The van der Waals surface area contributed by atoms with E-state index in [4.69, 9.17) is 5.73 Å². The maximum atomic E-state index is 13.0. The van der Waals surface area contributed by atoms with E-state index in [-0.39, 0.29) is 11.2 Å². The molecule has 0 aliphatic rings. The van der Waals surface area contributed by atoms with Crippen LogP contribution in [0.15, 0.2) is 40.1 Å². The molecule has 2 N–H and O–H groups in total. The highest BCUT2D eigenvalue weighted by molar-refractivity contribution is 5.78. The van der Waals surface area contributed by atoms with Crippen molar-refractivity contribution < 1.29 is 4.79 Å². The summed E-state index contributed by atoms with van der Waals surface area (Å²) in [6.45, 7) is 1.42. The molecule has 0 bridgehead atoms. The Kier molecular flexibility index (Phi) is 4.07. The number of aryl methyl sites for hydroxylation is 2. The molecule has 10 nitrogen and oxygen atoms in total. The number of amides is 1. The number of hydrogen-bond donors (Lipinski definition) is 1. The maximum Gasteiger partial charge on any atom is 0.332 e. The number of carbonyl (C=O) groups excluding carboxylic acids is 1. The third-order valence-corrected chi connectivity index (χ3v) is 4.96. The normalized spacial score (nSPS) is 11.4. The highest BCUT2D eigenvalue weighted by atomic mass is 16.2. The van der Waals surface area contributed by atoms with Gasteiger partial charge in [-0.05, 0) is 31.2 Å². The fraction of sp³-hybridized carbons (Fsp3) is 0.263. The van der Waals surface area contributed by atoms with Crippen LogP contribution in [0.2, 0.25) is 0 Å². The molecular weight excluding hydrogens is 374 g/mol. The average Bonchev–Trinajstić information content (AvgIpc) is 3.18. The molecule has 0 radical (unpaired) electrons. The quantitative estimate of drug-likeness (QED) is 0.523. The van der Waals surface area contributed by atoms with Gasteiger partial charge in [0.05, 0.1) is 0 Å². The van der Waals surface area contributed by atoms with Crippen molar-refractivity contribution in [2.24, 2.45) is 12.8 Å². The lowest BCUT2D eigenvalue weighted by Crippen LogP contribution is -2.42. The van der Waals surface area contributed by atoms with Gasteiger partial charge >= 0.3 is 5.69 Å². The molecule has 0 saturated heterocycles. The van der Waals surface area contributed by atoms with E-state index < -0.39 is 23.7 Å². The zero-order valence-corrected chi connectivity index (χ0v) is 16.6. The summed E-state index contributed by atoms with van der Waals surface area (Å²) in [5, 5.41) is 0. The maximum absolute atomic E-state index is 13.0. The van der Waals surface area contributed by atoms with E-state index in [1.165, 1.54) is 11.6 Å². The molecule has 3 aromatic heterocycles. The molecule has 4 rings (SSSR count). The molecule has 0 fully saturated rings. The van der Waals surface area contributed by atoms with Gasteiger partial charge in [-0.15, -0.1) is 0 Å². The Labute approximate surface area is 165 Å². The topological polar surface area (TPSA) is 113 Å². The van der Waals surface area contributed by atoms with Crippen LogP contribution in [0.25, 0.3) is 22.6 Å². The molecule has 0 unspecified atom stereocenters. The summed E-state index contributed by atoms with van der Waals surface area (Å²) in [4.78, 5) is 43.4. The monoisotopic (exact) mass is 395 g/mol. The van der Waals surface area contributed by atoms with Crippen molar-refractivity contribution in [2.75, 3.05) is 19.0 Å². The van der Waals surface area contributed by atoms with Crippen LogP contribution < -0.4 is 21.9 Å². The predicted molar refractivity (Wildman–Crippen MR) is 110 cm³/mol. The van der Waals surface area contributed by atoms with Gasteiger partial charge in [0.15, 0.2) is 11.2 Å². The largest absolute Gasteiger partial charge is 0.378 e. The molecule has 0 aliphatic heterocycles. The van der Waals surface area contributed by atoms with E-state index in [0.29, 0.717) is 5.78 Å². The Morgan fingerprint density at radius 3 is 2.41 bits per heavy atom. The van der Waals surface area contributed by atoms with E-state index in [9.17, 15) is 14.4 Å². The summed E-state index contributed by atoms with van der Waals surface area (Å²) >= 11 is 0. The van der Waals surface area contributed by atoms with Crippen molar-refractivity contribution >= 4 is 28.5 Å². The van der Waals surface area contributed by atoms with Crippen LogP contribution in [0.5, 0.6) is 0 Å². The number of rotatable bonds is 4. The molecule has 0 saturated carbocycles. The Balaban J connectivity index is 2.04. The minimum atomic E-state index is -0.765. The number of benzene rings is 1. The summed E-state index contributed by atoms with van der Waals surface area (Å²) in [5.41, 5.74) is 7.22. The molecule has 150 valence electrons. The number of fused-ring (bicyclic) bond motifs is 3. The van der Waals surface area contributed by atoms with Crippen molar-refractivity contribution in [3.05, 3.63) is 57.0 Å². The smallest absolute Gasteiger partial charge is 0.332 e. The van der Waals surface area contributed by atoms with Crippen LogP contribution >= 0.6 is 0 Å². The Bertz CT molecular complexity index is 1380. The van der Waals surface area contributed by atoms with Crippen molar-refractivity contribution in [1.82, 2.24) is 23.1 Å². The molecule has 1 amide bonds. The first kappa shape index (κ1) is 18.5. The van der Waals surface area contributed by atoms with Gasteiger partial charge in [0.1, 0.15) is 6.54 Å². The number of aromatic nitrogens is 5. The molecule has 0 aliphatic carbocycles. The van der Waals surface area contributed by atoms with E-state index >= 15 is 0 Å². The first-order valence-corrected chi connectivity index (χ1v) is 8.96. The van der Waals surface area contributed by atoms with Crippen molar-refractivity contribution in [1.29, 1.82) is 0 Å². The molecule has 1 aromatic carbocycles. The van der Waals surface area contributed by atoms with Gasteiger partial charge in [-0.3, -0.25) is 23.1 Å². The van der Waals surface area contributed by atoms with Gasteiger partial charge in [0.2, 0.25) is 11.7 Å². The lowest BCUT2D eigenvalue weighted by Gasteiger charge is -2.13. The summed E-state index contributed by atoms with van der Waals surface area (Å²) in [5.74, 6) is -0.266. The molecular formula is C19H21N7O3. The van der Waals surface area contributed by atoms with Crippen molar-refractivity contribution in [2.45, 2.75) is 13.5 Å². The summed E-state index contributed by atoms with van der Waals surface area (Å²) in [7, 11) is 5.44. The van der Waals surface area contributed by atoms with Crippen molar-refractivity contribution in [3.8, 4) is 5.69 Å². The summed E-state index contributed by atoms with van der Waals surface area (Å²) in [6.07, 6.45) is 1.78. The lowest BCUT2D eigenvalue weighted by molar-refractivity contribution is -0.118. The van der Waals surface area contributed by atoms with Gasteiger partial charge in [0.25, 0.3) is 5.56 Å². The standard InChI is InChI=1S/C19H21N7O3/c1-11-9-24-15-16(23(4)19(29)25(17(15)28)10-14(20)27)21-18(24)26(11)13-7-5-12(6-8-13)22(2)3/h5-9H,10H2,1-4H3,(H2,20,27). The second-order valence-electron chi connectivity index (χ2n) is 7.17. The van der Waals surface area contributed by atoms with E-state index in [2.05, 4.69) is 4.98 Å². The van der Waals surface area contributed by atoms with Crippen LogP contribution in [0.4, 0.5) is 5.69 Å². The minimum absolute atomic E-state index is 0.218. The Morgan fingerprint density at radius 1 is 1.17 bits per heavy atom. The number of nitrogens with two attached hydrogens (primary N) is 1. The SMILES string of the molecule is Cc1cn2c3c(=O)n(CC(N)=O)c(=O)n(C)c3nc2n1-c1ccc(N(C)C)cc1. The highest BCUT2D eigenvalue weighted by Crippen LogP contribution is 2.22. The predicted octanol–water partition coefficient (Wildman–Crippen LogP) is -0.00168. The molecule has 3 heterocycles. The number of primary amides is 1. The fourth-order valence-electron chi connectivity index (χ4n) is 3.52. The Morgan fingerprint density at radius 2 is 1.83 bits per heavy atom. The molecule has 10 heteroatoms. The van der Waals surface area contributed by atoms with Gasteiger partial charge in [0, 0.05) is 44.4 Å². The van der Waals surface area contributed by atoms with Crippen LogP contribution in [-0.2, 0) is 18.4 Å². The molecule has 4 aromatic rings. The third kappa shape index (κ3) is 2.72. The van der Waals surface area contributed by atoms with Crippen LogP contribution in [-0.4, -0.2) is 43.1 Å². The van der Waals surface area contributed by atoms with Crippen LogP contribution in [0.1, 0.15) is 5.69 Å². The average molecular weight is 395 g/mol. The summed E-state index contributed by atoms with van der Waals surface area (Å²) < 4.78 is 5.63. The summed E-state index contributed by atoms with van der Waals surface area (Å²) in [6, 6.07) is 7.91. The lowest BCUT2D eigenvalue weighted by atomic mass is 10.2. The highest BCUT2D eigenvalue weighted by Gasteiger charge is 2.21. The second kappa shape index (κ2) is 6.36.